The molecule has 0 saturated heterocycles. The summed E-state index contributed by atoms with van der Waals surface area (Å²) in [6.45, 7) is 2.20. The highest BCUT2D eigenvalue weighted by Crippen LogP contribution is 2.23. The number of thiazole rings is 1. The molecule has 3 aromatic rings. The lowest BCUT2D eigenvalue weighted by Crippen LogP contribution is -2.01. The zero-order valence-corrected chi connectivity index (χ0v) is 15.8. The predicted octanol–water partition coefficient (Wildman–Crippen LogP) is 5.53. The standard InChI is InChI=1S/C17H18N4S.2ClH/c1-2-3-6-13-7-5-10-18-16(13)21-15-9-4-8-14(20-15)17-19-11-12-22-17;;/h4-5,7-12H,2-3,6H2,1H3,(H,18,20,21);2*1H. The molecule has 24 heavy (non-hydrogen) atoms. The van der Waals surface area contributed by atoms with Crippen LogP contribution in [0.25, 0.3) is 10.7 Å². The van der Waals surface area contributed by atoms with E-state index in [1.165, 1.54) is 12.0 Å². The van der Waals surface area contributed by atoms with Crippen molar-refractivity contribution in [3.8, 4) is 10.7 Å². The van der Waals surface area contributed by atoms with Crippen LogP contribution in [0.4, 0.5) is 11.6 Å². The topological polar surface area (TPSA) is 50.7 Å². The lowest BCUT2D eigenvalue weighted by Gasteiger charge is -2.10. The fourth-order valence-electron chi connectivity index (χ4n) is 2.21. The maximum atomic E-state index is 4.63. The number of aromatic nitrogens is 3. The van der Waals surface area contributed by atoms with Gasteiger partial charge in [0.1, 0.15) is 22.3 Å². The van der Waals surface area contributed by atoms with Crippen molar-refractivity contribution in [3.05, 3.63) is 53.7 Å². The van der Waals surface area contributed by atoms with Gasteiger partial charge in [0.25, 0.3) is 0 Å². The normalized spacial score (nSPS) is 9.71. The predicted molar refractivity (Wildman–Crippen MR) is 106 cm³/mol. The number of unbranched alkanes of at least 4 members (excludes halogenated alkanes) is 1. The second kappa shape index (κ2) is 10.2. The SMILES string of the molecule is CCCCc1cccnc1Nc1cccc(-c2nccs2)n1.Cl.Cl. The number of nitrogens with zero attached hydrogens (tertiary/aromatic N) is 3. The summed E-state index contributed by atoms with van der Waals surface area (Å²) in [5.74, 6) is 1.68. The van der Waals surface area contributed by atoms with Gasteiger partial charge in [-0.15, -0.1) is 36.2 Å². The second-order valence-electron chi connectivity index (χ2n) is 4.99. The molecule has 3 aromatic heterocycles. The van der Waals surface area contributed by atoms with Gasteiger partial charge in [0, 0.05) is 17.8 Å². The van der Waals surface area contributed by atoms with Crippen LogP contribution >= 0.6 is 36.2 Å². The van der Waals surface area contributed by atoms with Crippen LogP contribution < -0.4 is 5.32 Å². The molecule has 128 valence electrons. The van der Waals surface area contributed by atoms with Crippen LogP contribution in [0.5, 0.6) is 0 Å². The third-order valence-electron chi connectivity index (χ3n) is 3.34. The maximum absolute atomic E-state index is 4.63. The molecule has 0 fully saturated rings. The van der Waals surface area contributed by atoms with Crippen LogP contribution in [0, 0.1) is 0 Å². The van der Waals surface area contributed by atoms with Gasteiger partial charge in [-0.2, -0.15) is 0 Å². The van der Waals surface area contributed by atoms with Gasteiger partial charge < -0.3 is 5.32 Å². The van der Waals surface area contributed by atoms with E-state index in [-0.39, 0.29) is 24.8 Å². The molecule has 0 aliphatic carbocycles. The highest BCUT2D eigenvalue weighted by Gasteiger charge is 2.07. The molecule has 0 amide bonds. The second-order valence-corrected chi connectivity index (χ2v) is 5.88. The highest BCUT2D eigenvalue weighted by atomic mass is 35.5. The summed E-state index contributed by atoms with van der Waals surface area (Å²) in [5.41, 5.74) is 2.11. The minimum absolute atomic E-state index is 0. The Labute approximate surface area is 158 Å². The summed E-state index contributed by atoms with van der Waals surface area (Å²) in [6.07, 6.45) is 6.96. The van der Waals surface area contributed by atoms with Crippen LogP contribution in [-0.2, 0) is 6.42 Å². The molecule has 0 aliphatic heterocycles. The fourth-order valence-corrected chi connectivity index (χ4v) is 2.82. The minimum Gasteiger partial charge on any atom is -0.325 e. The number of anilines is 2. The van der Waals surface area contributed by atoms with E-state index in [1.807, 2.05) is 35.8 Å². The number of pyridine rings is 2. The number of halogens is 2. The maximum Gasteiger partial charge on any atom is 0.141 e. The number of nitrogens with one attached hydrogen (secondary N) is 1. The molecule has 1 N–H and O–H groups in total. The molecule has 7 heteroatoms. The van der Waals surface area contributed by atoms with Crippen molar-refractivity contribution in [2.75, 3.05) is 5.32 Å². The Morgan fingerprint density at radius 1 is 1.04 bits per heavy atom. The first-order chi connectivity index (χ1) is 10.9. The molecule has 0 atom stereocenters. The molecule has 0 unspecified atom stereocenters. The van der Waals surface area contributed by atoms with Gasteiger partial charge in [-0.1, -0.05) is 25.5 Å². The molecular formula is C17H20Cl2N4S. The van der Waals surface area contributed by atoms with E-state index in [2.05, 4.69) is 33.3 Å². The van der Waals surface area contributed by atoms with Gasteiger partial charge >= 0.3 is 0 Å². The van der Waals surface area contributed by atoms with Crippen molar-refractivity contribution in [1.29, 1.82) is 0 Å². The molecule has 0 spiro atoms. The van der Waals surface area contributed by atoms with Gasteiger partial charge in [-0.05, 0) is 36.6 Å². The van der Waals surface area contributed by atoms with E-state index in [4.69, 9.17) is 0 Å². The molecule has 3 rings (SSSR count). The zero-order valence-electron chi connectivity index (χ0n) is 13.3. The van der Waals surface area contributed by atoms with Gasteiger partial charge in [-0.25, -0.2) is 15.0 Å². The Balaban J connectivity index is 0.00000144. The summed E-state index contributed by atoms with van der Waals surface area (Å²) in [7, 11) is 0. The van der Waals surface area contributed by atoms with E-state index in [9.17, 15) is 0 Å². The number of aryl methyl sites for hydroxylation is 1. The van der Waals surface area contributed by atoms with Gasteiger partial charge in [0.15, 0.2) is 0 Å². The summed E-state index contributed by atoms with van der Waals surface area (Å²) < 4.78 is 0. The smallest absolute Gasteiger partial charge is 0.141 e. The first kappa shape index (κ1) is 20.4. The molecule has 0 saturated carbocycles. The third kappa shape index (κ3) is 5.16. The van der Waals surface area contributed by atoms with Crippen LogP contribution in [-0.4, -0.2) is 15.0 Å². The minimum atomic E-state index is 0. The van der Waals surface area contributed by atoms with E-state index < -0.39 is 0 Å². The highest BCUT2D eigenvalue weighted by molar-refractivity contribution is 7.13. The Bertz CT molecular complexity index is 735. The van der Waals surface area contributed by atoms with Gasteiger partial charge in [0.2, 0.25) is 0 Å². The molecule has 3 heterocycles. The summed E-state index contributed by atoms with van der Waals surface area (Å²) in [6, 6.07) is 10.0. The van der Waals surface area contributed by atoms with Crippen molar-refractivity contribution in [2.45, 2.75) is 26.2 Å². The van der Waals surface area contributed by atoms with Crippen LogP contribution in [0.3, 0.4) is 0 Å². The quantitative estimate of drug-likeness (QED) is 0.608. The van der Waals surface area contributed by atoms with Crippen molar-refractivity contribution in [3.63, 3.8) is 0 Å². The summed E-state index contributed by atoms with van der Waals surface area (Å²) in [4.78, 5) is 13.4. The van der Waals surface area contributed by atoms with E-state index in [0.717, 1.165) is 35.2 Å². The van der Waals surface area contributed by atoms with Gasteiger partial charge in [0.05, 0.1) is 0 Å². The van der Waals surface area contributed by atoms with Crippen molar-refractivity contribution >= 4 is 47.8 Å². The van der Waals surface area contributed by atoms with Crippen LogP contribution in [0.15, 0.2) is 48.1 Å². The van der Waals surface area contributed by atoms with Crippen molar-refractivity contribution in [1.82, 2.24) is 15.0 Å². The Morgan fingerprint density at radius 2 is 1.92 bits per heavy atom. The van der Waals surface area contributed by atoms with E-state index in [0.29, 0.717) is 0 Å². The molecule has 0 aromatic carbocycles. The van der Waals surface area contributed by atoms with Gasteiger partial charge in [-0.3, -0.25) is 0 Å². The first-order valence-electron chi connectivity index (χ1n) is 7.44. The largest absolute Gasteiger partial charge is 0.325 e. The lowest BCUT2D eigenvalue weighted by molar-refractivity contribution is 0.793. The zero-order chi connectivity index (χ0) is 15.2. The lowest BCUT2D eigenvalue weighted by atomic mass is 10.1. The molecule has 0 radical (unpaired) electrons. The monoisotopic (exact) mass is 382 g/mol. The summed E-state index contributed by atoms with van der Waals surface area (Å²) in [5, 5.41) is 6.22. The average molecular weight is 383 g/mol. The number of rotatable bonds is 6. The number of hydrogen-bond acceptors (Lipinski definition) is 5. The molecular weight excluding hydrogens is 363 g/mol. The third-order valence-corrected chi connectivity index (χ3v) is 4.13. The Morgan fingerprint density at radius 3 is 2.67 bits per heavy atom. The Kier molecular flexibility index (Phi) is 8.68. The summed E-state index contributed by atoms with van der Waals surface area (Å²) >= 11 is 1.59. The van der Waals surface area contributed by atoms with E-state index in [1.54, 1.807) is 17.5 Å². The van der Waals surface area contributed by atoms with Crippen LogP contribution in [0.1, 0.15) is 25.3 Å². The molecule has 4 nitrogen and oxygen atoms in total. The fraction of sp³-hybridized carbons (Fsp3) is 0.235. The number of hydrogen-bond donors (Lipinski definition) is 1. The van der Waals surface area contributed by atoms with Crippen LogP contribution in [0.2, 0.25) is 0 Å². The van der Waals surface area contributed by atoms with Crippen molar-refractivity contribution < 1.29 is 0 Å². The first-order valence-corrected chi connectivity index (χ1v) is 8.32. The van der Waals surface area contributed by atoms with Crippen molar-refractivity contribution in [2.24, 2.45) is 0 Å². The average Bonchev–Trinajstić information content (AvgIpc) is 3.09. The Hall–Kier alpha value is -1.69. The van der Waals surface area contributed by atoms with E-state index >= 15 is 0 Å². The molecule has 0 bridgehead atoms. The molecule has 0 aliphatic rings.